The van der Waals surface area contributed by atoms with Gasteiger partial charge in [0.1, 0.15) is 0 Å². The molecule has 1 radical (unpaired) electrons. The second-order valence-corrected chi connectivity index (χ2v) is 5.91. The number of rotatable bonds is 15. The predicted molar refractivity (Wildman–Crippen MR) is 88.5 cm³/mol. The van der Waals surface area contributed by atoms with Gasteiger partial charge in [-0.05, 0) is 32.1 Å². The Balaban J connectivity index is 0. The fraction of sp³-hybridized carbons (Fsp3) is 0.833. The van der Waals surface area contributed by atoms with Crippen molar-refractivity contribution in [2.24, 2.45) is 0 Å². The maximum Gasteiger partial charge on any atom is 0.303 e. The Hall–Kier alpha value is 0.456. The van der Waals surface area contributed by atoms with Crippen LogP contribution in [-0.2, 0) is 4.79 Å². The molecule has 2 N–H and O–H groups in total. The van der Waals surface area contributed by atoms with Crippen LogP contribution in [0.1, 0.15) is 90.4 Å². The van der Waals surface area contributed by atoms with E-state index in [1.165, 1.54) is 25.7 Å². The van der Waals surface area contributed by atoms with Crippen molar-refractivity contribution in [2.45, 2.75) is 96.5 Å². The summed E-state index contributed by atoms with van der Waals surface area (Å²) in [5, 5.41) is 18.3. The Labute approximate surface area is 167 Å². The molecule has 0 saturated carbocycles. The summed E-state index contributed by atoms with van der Waals surface area (Å²) in [5.74, 6) is -0.689. The van der Waals surface area contributed by atoms with Crippen LogP contribution in [0.15, 0.2) is 12.2 Å². The van der Waals surface area contributed by atoms with Crippen LogP contribution in [0, 0.1) is 38.6 Å². The Morgan fingerprint density at radius 2 is 1.59 bits per heavy atom. The van der Waals surface area contributed by atoms with Gasteiger partial charge in [-0.3, -0.25) is 4.79 Å². The number of aliphatic hydroxyl groups is 1. The van der Waals surface area contributed by atoms with E-state index in [9.17, 15) is 9.90 Å². The van der Waals surface area contributed by atoms with E-state index in [0.29, 0.717) is 6.42 Å². The van der Waals surface area contributed by atoms with Crippen molar-refractivity contribution in [1.82, 2.24) is 0 Å². The summed E-state index contributed by atoms with van der Waals surface area (Å²) in [6, 6.07) is 0. The van der Waals surface area contributed by atoms with E-state index in [-0.39, 0.29) is 44.7 Å². The zero-order chi connectivity index (χ0) is 15.8. The molecule has 133 valence electrons. The molecule has 1 atom stereocenters. The van der Waals surface area contributed by atoms with Gasteiger partial charge in [0.25, 0.3) is 0 Å². The molecule has 0 heterocycles. The molecule has 1 unspecified atom stereocenters. The third-order valence-electron chi connectivity index (χ3n) is 3.73. The Bertz CT molecular complexity index is 267. The first-order chi connectivity index (χ1) is 10.2. The summed E-state index contributed by atoms with van der Waals surface area (Å²) in [7, 11) is 0. The Morgan fingerprint density at radius 3 is 2.27 bits per heavy atom. The van der Waals surface area contributed by atoms with Crippen molar-refractivity contribution in [3.63, 3.8) is 0 Å². The van der Waals surface area contributed by atoms with Gasteiger partial charge < -0.3 is 10.2 Å². The van der Waals surface area contributed by atoms with Crippen molar-refractivity contribution in [2.75, 3.05) is 0 Å². The fourth-order valence-electron chi connectivity index (χ4n) is 2.36. The quantitative estimate of drug-likeness (QED) is 0.266. The molecule has 4 heteroatoms. The first-order valence-electron chi connectivity index (χ1n) is 8.71. The van der Waals surface area contributed by atoms with Crippen LogP contribution in [0.3, 0.4) is 0 Å². The molecular formula is C18H34O3Tb. The van der Waals surface area contributed by atoms with Crippen molar-refractivity contribution >= 4 is 5.97 Å². The van der Waals surface area contributed by atoms with Crippen molar-refractivity contribution in [3.05, 3.63) is 12.2 Å². The van der Waals surface area contributed by atoms with E-state index in [4.69, 9.17) is 5.11 Å². The van der Waals surface area contributed by atoms with Crippen molar-refractivity contribution in [1.29, 1.82) is 0 Å². The van der Waals surface area contributed by atoms with Gasteiger partial charge in [0.05, 0.1) is 6.10 Å². The normalized spacial score (nSPS) is 12.3. The smallest absolute Gasteiger partial charge is 0.303 e. The first kappa shape index (κ1) is 24.7. The molecule has 0 aromatic heterocycles. The first-order valence-corrected chi connectivity index (χ1v) is 8.71. The summed E-state index contributed by atoms with van der Waals surface area (Å²) in [6.45, 7) is 2.20. The molecule has 22 heavy (non-hydrogen) atoms. The van der Waals surface area contributed by atoms with E-state index >= 15 is 0 Å². The maximum atomic E-state index is 10.3. The van der Waals surface area contributed by atoms with Gasteiger partial charge in [-0.1, -0.05) is 64.0 Å². The summed E-state index contributed by atoms with van der Waals surface area (Å²) in [4.78, 5) is 10.3. The average molecular weight is 457 g/mol. The van der Waals surface area contributed by atoms with Gasteiger partial charge in [0.15, 0.2) is 0 Å². The summed E-state index contributed by atoms with van der Waals surface area (Å²) in [5.41, 5.74) is 0. The van der Waals surface area contributed by atoms with E-state index in [1.54, 1.807) is 0 Å². The molecule has 0 bridgehead atoms. The molecule has 0 aliphatic carbocycles. The third kappa shape index (κ3) is 20.5. The zero-order valence-corrected chi connectivity index (χ0v) is 16.2. The van der Waals surface area contributed by atoms with E-state index in [2.05, 4.69) is 19.1 Å². The van der Waals surface area contributed by atoms with Crippen LogP contribution in [-0.4, -0.2) is 22.3 Å². The van der Waals surface area contributed by atoms with Gasteiger partial charge in [-0.25, -0.2) is 0 Å². The molecule has 0 aliphatic rings. The summed E-state index contributed by atoms with van der Waals surface area (Å²) in [6.07, 6.45) is 17.4. The van der Waals surface area contributed by atoms with Crippen LogP contribution in [0.5, 0.6) is 0 Å². The average Bonchev–Trinajstić information content (AvgIpc) is 2.45. The van der Waals surface area contributed by atoms with Crippen molar-refractivity contribution in [3.8, 4) is 0 Å². The largest absolute Gasteiger partial charge is 0.481 e. The molecular weight excluding hydrogens is 423 g/mol. The number of allylic oxidation sites excluding steroid dienone is 1. The van der Waals surface area contributed by atoms with Crippen molar-refractivity contribution < 1.29 is 53.6 Å². The Kier molecular flexibility index (Phi) is 21.9. The minimum absolute atomic E-state index is 0. The minimum atomic E-state index is -0.689. The fourth-order valence-corrected chi connectivity index (χ4v) is 2.36. The molecule has 0 aromatic rings. The van der Waals surface area contributed by atoms with Crippen LogP contribution < -0.4 is 0 Å². The molecule has 0 aromatic carbocycles. The molecule has 3 nitrogen and oxygen atoms in total. The van der Waals surface area contributed by atoms with Crippen LogP contribution in [0.25, 0.3) is 0 Å². The summed E-state index contributed by atoms with van der Waals surface area (Å²) >= 11 is 0. The van der Waals surface area contributed by atoms with Gasteiger partial charge in [0, 0.05) is 45.0 Å². The van der Waals surface area contributed by atoms with E-state index in [0.717, 1.165) is 51.4 Å². The number of hydrogen-bond donors (Lipinski definition) is 2. The van der Waals surface area contributed by atoms with E-state index < -0.39 is 5.97 Å². The zero-order valence-electron chi connectivity index (χ0n) is 14.1. The number of carboxylic acids is 1. The number of carbonyl (C=O) groups is 1. The maximum absolute atomic E-state index is 10.3. The molecule has 0 saturated heterocycles. The number of aliphatic carboxylic acids is 1. The molecule has 0 spiro atoms. The van der Waals surface area contributed by atoms with Gasteiger partial charge >= 0.3 is 5.97 Å². The molecule has 0 amide bonds. The number of unbranched alkanes of at least 4 members (excludes halogenated alkanes) is 8. The topological polar surface area (TPSA) is 57.5 Å². The second kappa shape index (κ2) is 19.5. The third-order valence-corrected chi connectivity index (χ3v) is 3.73. The minimum Gasteiger partial charge on any atom is -0.481 e. The van der Waals surface area contributed by atoms with Gasteiger partial charge in [-0.15, -0.1) is 0 Å². The molecule has 0 fully saturated rings. The summed E-state index contributed by atoms with van der Waals surface area (Å²) < 4.78 is 0. The Morgan fingerprint density at radius 1 is 0.955 bits per heavy atom. The number of aliphatic hydroxyl groups excluding tert-OH is 1. The number of hydrogen-bond acceptors (Lipinski definition) is 2. The van der Waals surface area contributed by atoms with Crippen LogP contribution in [0.4, 0.5) is 0 Å². The number of carboxylic acid groups (broad SMARTS) is 1. The van der Waals surface area contributed by atoms with Gasteiger partial charge in [0.2, 0.25) is 0 Å². The monoisotopic (exact) mass is 457 g/mol. The van der Waals surface area contributed by atoms with E-state index in [1.807, 2.05) is 0 Å². The van der Waals surface area contributed by atoms with Crippen LogP contribution >= 0.6 is 0 Å². The predicted octanol–water partition coefficient (Wildman–Crippen LogP) is 5.08. The van der Waals surface area contributed by atoms with Gasteiger partial charge in [-0.2, -0.15) is 0 Å². The van der Waals surface area contributed by atoms with Crippen LogP contribution in [0.2, 0.25) is 0 Å². The molecule has 0 aliphatic heterocycles. The second-order valence-electron chi connectivity index (χ2n) is 5.91. The standard InChI is InChI=1S/C18H34O3.Tb/c1-2-3-4-11-14-17(19)15-12-9-7-5-6-8-10-13-16-18(20)21;/h9,12,17,19H,2-8,10-11,13-16H2,1H3,(H,20,21);/b12-9-;. The molecule has 0 rings (SSSR count). The SMILES string of the molecule is CCCCCCC(O)C/C=C\CCCCCCCC(=O)O.[Tb].